The van der Waals surface area contributed by atoms with Crippen molar-refractivity contribution in [2.24, 2.45) is 11.7 Å². The molecule has 20 heavy (non-hydrogen) atoms. The molecule has 0 radical (unpaired) electrons. The summed E-state index contributed by atoms with van der Waals surface area (Å²) in [6.07, 6.45) is 6.53. The molecule has 1 heterocycles. The van der Waals surface area contributed by atoms with Crippen LogP contribution in [0.3, 0.4) is 0 Å². The van der Waals surface area contributed by atoms with E-state index < -0.39 is 6.10 Å². The number of hydrogen-bond acceptors (Lipinski definition) is 4. The van der Waals surface area contributed by atoms with Gasteiger partial charge in [0.25, 0.3) is 5.91 Å². The Morgan fingerprint density at radius 3 is 2.70 bits per heavy atom. The Kier molecular flexibility index (Phi) is 9.31. The van der Waals surface area contributed by atoms with Gasteiger partial charge in [-0.1, -0.05) is 32.6 Å². The Morgan fingerprint density at radius 2 is 2.10 bits per heavy atom. The molecule has 0 aromatic heterocycles. The lowest BCUT2D eigenvalue weighted by molar-refractivity contribution is -0.140. The smallest absolute Gasteiger partial charge is 0.252 e. The van der Waals surface area contributed by atoms with Gasteiger partial charge in [0.05, 0.1) is 0 Å². The van der Waals surface area contributed by atoms with Crippen molar-refractivity contribution in [2.75, 3.05) is 31.1 Å². The SMILES string of the molecule is CCCCCC1CCN(C(=O)C(O)CSCCN)CC1. The van der Waals surface area contributed by atoms with Gasteiger partial charge in [0.2, 0.25) is 0 Å². The van der Waals surface area contributed by atoms with Gasteiger partial charge in [-0.25, -0.2) is 0 Å². The zero-order valence-corrected chi connectivity index (χ0v) is 13.5. The fourth-order valence-electron chi connectivity index (χ4n) is 2.69. The van der Waals surface area contributed by atoms with Crippen molar-refractivity contribution in [3.8, 4) is 0 Å². The van der Waals surface area contributed by atoms with Gasteiger partial charge in [0, 0.05) is 31.1 Å². The maximum absolute atomic E-state index is 12.1. The maximum Gasteiger partial charge on any atom is 0.252 e. The number of nitrogens with two attached hydrogens (primary N) is 1. The van der Waals surface area contributed by atoms with Crippen molar-refractivity contribution in [3.63, 3.8) is 0 Å². The summed E-state index contributed by atoms with van der Waals surface area (Å²) in [6, 6.07) is 0. The van der Waals surface area contributed by atoms with Gasteiger partial charge in [0.1, 0.15) is 6.10 Å². The van der Waals surface area contributed by atoms with E-state index in [1.807, 2.05) is 4.90 Å². The van der Waals surface area contributed by atoms with Crippen molar-refractivity contribution in [2.45, 2.75) is 51.6 Å². The number of thioether (sulfide) groups is 1. The predicted octanol–water partition coefficient (Wildman–Crippen LogP) is 1.86. The third-order valence-electron chi connectivity index (χ3n) is 3.97. The molecule has 1 rings (SSSR count). The van der Waals surface area contributed by atoms with E-state index in [4.69, 9.17) is 5.73 Å². The van der Waals surface area contributed by atoms with Crippen molar-refractivity contribution < 1.29 is 9.90 Å². The molecule has 1 amide bonds. The Morgan fingerprint density at radius 1 is 1.40 bits per heavy atom. The van der Waals surface area contributed by atoms with Crippen molar-refractivity contribution in [1.82, 2.24) is 4.90 Å². The minimum Gasteiger partial charge on any atom is -0.382 e. The maximum atomic E-state index is 12.1. The second-order valence-electron chi connectivity index (χ2n) is 5.64. The van der Waals surface area contributed by atoms with Crippen LogP contribution >= 0.6 is 11.8 Å². The summed E-state index contributed by atoms with van der Waals surface area (Å²) in [5.41, 5.74) is 5.40. The number of piperidine rings is 1. The van der Waals surface area contributed by atoms with E-state index in [2.05, 4.69) is 6.92 Å². The second kappa shape index (κ2) is 10.5. The summed E-state index contributed by atoms with van der Waals surface area (Å²) in [6.45, 7) is 4.45. The van der Waals surface area contributed by atoms with Gasteiger partial charge >= 0.3 is 0 Å². The third-order valence-corrected chi connectivity index (χ3v) is 5.04. The van der Waals surface area contributed by atoms with Gasteiger partial charge in [-0.15, -0.1) is 0 Å². The van der Waals surface area contributed by atoms with Crippen LogP contribution in [0.1, 0.15) is 45.4 Å². The lowest BCUT2D eigenvalue weighted by Gasteiger charge is -2.33. The predicted molar refractivity (Wildman–Crippen MR) is 85.8 cm³/mol. The topological polar surface area (TPSA) is 66.6 Å². The van der Waals surface area contributed by atoms with Crippen LogP contribution in [0.15, 0.2) is 0 Å². The molecule has 1 aliphatic heterocycles. The van der Waals surface area contributed by atoms with E-state index in [0.29, 0.717) is 12.3 Å². The van der Waals surface area contributed by atoms with Gasteiger partial charge < -0.3 is 15.7 Å². The minimum atomic E-state index is -0.858. The van der Waals surface area contributed by atoms with Gasteiger partial charge in [-0.05, 0) is 18.8 Å². The number of amides is 1. The fraction of sp³-hybridized carbons (Fsp3) is 0.933. The molecule has 1 saturated heterocycles. The number of hydrogen-bond donors (Lipinski definition) is 2. The largest absolute Gasteiger partial charge is 0.382 e. The summed E-state index contributed by atoms with van der Waals surface area (Å²) >= 11 is 1.55. The number of unbranched alkanes of at least 4 members (excludes halogenated alkanes) is 2. The van der Waals surface area contributed by atoms with Crippen LogP contribution in [0.4, 0.5) is 0 Å². The van der Waals surface area contributed by atoms with Crippen LogP contribution in [-0.2, 0) is 4.79 Å². The van der Waals surface area contributed by atoms with Gasteiger partial charge in [0.15, 0.2) is 0 Å². The molecule has 0 aromatic carbocycles. The quantitative estimate of drug-likeness (QED) is 0.638. The Bertz CT molecular complexity index is 269. The van der Waals surface area contributed by atoms with Crippen LogP contribution in [0.5, 0.6) is 0 Å². The molecule has 4 nitrogen and oxygen atoms in total. The monoisotopic (exact) mass is 302 g/mol. The molecule has 1 fully saturated rings. The van der Waals surface area contributed by atoms with Crippen LogP contribution in [-0.4, -0.2) is 53.2 Å². The highest BCUT2D eigenvalue weighted by molar-refractivity contribution is 7.99. The van der Waals surface area contributed by atoms with Crippen LogP contribution in [0.2, 0.25) is 0 Å². The van der Waals surface area contributed by atoms with Crippen LogP contribution in [0, 0.1) is 5.92 Å². The number of aliphatic hydroxyl groups excluding tert-OH is 1. The molecule has 118 valence electrons. The second-order valence-corrected chi connectivity index (χ2v) is 6.79. The third kappa shape index (κ3) is 6.46. The summed E-state index contributed by atoms with van der Waals surface area (Å²) < 4.78 is 0. The number of likely N-dealkylation sites (tertiary alicyclic amines) is 1. The van der Waals surface area contributed by atoms with Crippen LogP contribution < -0.4 is 5.73 Å². The van der Waals surface area contributed by atoms with E-state index in [-0.39, 0.29) is 5.91 Å². The molecule has 0 saturated carbocycles. The van der Waals surface area contributed by atoms with Crippen LogP contribution in [0.25, 0.3) is 0 Å². The van der Waals surface area contributed by atoms with E-state index in [1.165, 1.54) is 25.7 Å². The molecule has 0 spiro atoms. The first-order valence-electron chi connectivity index (χ1n) is 7.93. The number of nitrogens with zero attached hydrogens (tertiary/aromatic N) is 1. The summed E-state index contributed by atoms with van der Waals surface area (Å²) in [5.74, 6) is 1.94. The Labute approximate surface area is 127 Å². The average Bonchev–Trinajstić information content (AvgIpc) is 2.47. The number of rotatable bonds is 9. The highest BCUT2D eigenvalue weighted by atomic mass is 32.2. The summed E-state index contributed by atoms with van der Waals surface area (Å²) in [5, 5.41) is 9.88. The highest BCUT2D eigenvalue weighted by Gasteiger charge is 2.26. The Hall–Kier alpha value is -0.260. The zero-order valence-electron chi connectivity index (χ0n) is 12.7. The first-order chi connectivity index (χ1) is 9.69. The summed E-state index contributed by atoms with van der Waals surface area (Å²) in [7, 11) is 0. The normalized spacial score (nSPS) is 18.2. The number of aliphatic hydroxyl groups is 1. The van der Waals surface area contributed by atoms with Gasteiger partial charge in [-0.2, -0.15) is 11.8 Å². The standard InChI is InChI=1S/C15H30N2O2S/c1-2-3-4-5-13-6-9-17(10-7-13)15(19)14(18)12-20-11-8-16/h13-14,18H,2-12,16H2,1H3. The molecule has 0 bridgehead atoms. The average molecular weight is 302 g/mol. The number of carbonyl (C=O) groups excluding carboxylic acids is 1. The van der Waals surface area contributed by atoms with Gasteiger partial charge in [-0.3, -0.25) is 4.79 Å². The molecule has 0 aliphatic carbocycles. The molecule has 0 aromatic rings. The van der Waals surface area contributed by atoms with E-state index in [1.54, 1.807) is 11.8 Å². The van der Waals surface area contributed by atoms with Crippen molar-refractivity contribution >= 4 is 17.7 Å². The lowest BCUT2D eigenvalue weighted by Crippen LogP contribution is -2.44. The summed E-state index contributed by atoms with van der Waals surface area (Å²) in [4.78, 5) is 13.9. The molecule has 1 aliphatic rings. The number of carbonyl (C=O) groups is 1. The molecule has 5 heteroatoms. The molecular weight excluding hydrogens is 272 g/mol. The first kappa shape index (κ1) is 17.8. The van der Waals surface area contributed by atoms with E-state index >= 15 is 0 Å². The fourth-order valence-corrected chi connectivity index (χ4v) is 3.38. The minimum absolute atomic E-state index is 0.0958. The zero-order chi connectivity index (χ0) is 14.8. The lowest BCUT2D eigenvalue weighted by atomic mass is 9.91. The first-order valence-corrected chi connectivity index (χ1v) is 9.09. The van der Waals surface area contributed by atoms with Crippen molar-refractivity contribution in [1.29, 1.82) is 0 Å². The highest BCUT2D eigenvalue weighted by Crippen LogP contribution is 2.23. The Balaban J connectivity index is 2.21. The molecule has 3 N–H and O–H groups in total. The van der Waals surface area contributed by atoms with E-state index in [0.717, 1.165) is 37.6 Å². The van der Waals surface area contributed by atoms with Crippen molar-refractivity contribution in [3.05, 3.63) is 0 Å². The molecule has 1 unspecified atom stereocenters. The molecular formula is C15H30N2O2S. The molecule has 1 atom stereocenters. The van der Waals surface area contributed by atoms with E-state index in [9.17, 15) is 9.90 Å².